The molecule has 1 atom stereocenters. The lowest BCUT2D eigenvalue weighted by Crippen LogP contribution is -2.41. The molecule has 1 aliphatic rings. The number of fused-ring (bicyclic) bond motifs is 1. The van der Waals surface area contributed by atoms with Crippen molar-refractivity contribution in [3.63, 3.8) is 0 Å². The molecule has 1 heterocycles. The van der Waals surface area contributed by atoms with Crippen molar-refractivity contribution >= 4 is 21.6 Å². The van der Waals surface area contributed by atoms with Crippen molar-refractivity contribution < 1.29 is 22.7 Å². The number of benzene rings is 3. The molecule has 1 N–H and O–H groups in total. The highest BCUT2D eigenvalue weighted by atomic mass is 32.2. The lowest BCUT2D eigenvalue weighted by Gasteiger charge is -2.27. The Kier molecular flexibility index (Phi) is 6.32. The molecule has 3 aromatic rings. The van der Waals surface area contributed by atoms with Gasteiger partial charge in [0.25, 0.3) is 5.91 Å². The summed E-state index contributed by atoms with van der Waals surface area (Å²) in [5.41, 5.74) is 1.41. The molecule has 0 aliphatic carbocycles. The van der Waals surface area contributed by atoms with E-state index in [9.17, 15) is 13.2 Å². The quantitative estimate of drug-likeness (QED) is 0.595. The van der Waals surface area contributed by atoms with Crippen LogP contribution in [0.2, 0.25) is 0 Å². The Morgan fingerprint density at radius 3 is 2.38 bits per heavy atom. The van der Waals surface area contributed by atoms with E-state index in [1.165, 1.54) is 4.31 Å². The fourth-order valence-electron chi connectivity index (χ4n) is 3.48. The summed E-state index contributed by atoms with van der Waals surface area (Å²) in [5, 5.41) is 2.84. The Hall–Kier alpha value is -3.52. The zero-order valence-electron chi connectivity index (χ0n) is 17.6. The van der Waals surface area contributed by atoms with Gasteiger partial charge in [-0.1, -0.05) is 54.6 Å². The second-order valence-corrected chi connectivity index (χ2v) is 9.39. The monoisotopic (exact) mass is 452 g/mol. The molecule has 0 fully saturated rings. The minimum atomic E-state index is -3.63. The van der Waals surface area contributed by atoms with E-state index in [0.29, 0.717) is 23.8 Å². The van der Waals surface area contributed by atoms with Crippen LogP contribution in [0.15, 0.2) is 78.9 Å². The second-order valence-electron chi connectivity index (χ2n) is 7.48. The van der Waals surface area contributed by atoms with Crippen LogP contribution in [-0.2, 0) is 16.6 Å². The molecule has 8 heteroatoms. The van der Waals surface area contributed by atoms with E-state index in [2.05, 4.69) is 5.32 Å². The summed E-state index contributed by atoms with van der Waals surface area (Å²) < 4.78 is 38.0. The third-order valence-corrected chi connectivity index (χ3v) is 6.17. The van der Waals surface area contributed by atoms with Crippen molar-refractivity contribution in [1.82, 2.24) is 5.32 Å². The standard InChI is InChI=1S/C24H24N2O5S/c1-32(28,29)26(16-18-9-3-2-4-10-18)21-12-6-5-11-20(21)24(27)25-15-19-17-30-22-13-7-8-14-23(22)31-19/h2-14,19H,15-17H2,1H3,(H,25,27). The van der Waals surface area contributed by atoms with E-state index in [1.807, 2.05) is 54.6 Å². The van der Waals surface area contributed by atoms with Crippen LogP contribution in [0.1, 0.15) is 15.9 Å². The van der Waals surface area contributed by atoms with E-state index >= 15 is 0 Å². The Labute approximate surface area is 187 Å². The minimum Gasteiger partial charge on any atom is -0.486 e. The molecule has 0 saturated carbocycles. The number of ether oxygens (including phenoxy) is 2. The lowest BCUT2D eigenvalue weighted by molar-refractivity contribution is 0.0789. The Morgan fingerprint density at radius 2 is 1.62 bits per heavy atom. The summed E-state index contributed by atoms with van der Waals surface area (Å²) in [6.07, 6.45) is 0.784. The maximum Gasteiger partial charge on any atom is 0.253 e. The number of carbonyl (C=O) groups is 1. The number of hydrogen-bond acceptors (Lipinski definition) is 5. The summed E-state index contributed by atoms with van der Waals surface area (Å²) in [6, 6.07) is 23.3. The predicted molar refractivity (Wildman–Crippen MR) is 123 cm³/mol. The molecule has 0 bridgehead atoms. The van der Waals surface area contributed by atoms with Crippen molar-refractivity contribution in [3.8, 4) is 11.5 Å². The molecule has 166 valence electrons. The largest absolute Gasteiger partial charge is 0.486 e. The zero-order chi connectivity index (χ0) is 22.6. The van der Waals surface area contributed by atoms with E-state index < -0.39 is 10.0 Å². The summed E-state index contributed by atoms with van der Waals surface area (Å²) in [4.78, 5) is 13.0. The molecule has 1 aliphatic heterocycles. The highest BCUT2D eigenvalue weighted by Gasteiger charge is 2.25. The number of para-hydroxylation sites is 3. The topological polar surface area (TPSA) is 84.9 Å². The van der Waals surface area contributed by atoms with E-state index in [-0.39, 0.29) is 30.7 Å². The van der Waals surface area contributed by atoms with Crippen LogP contribution in [0.25, 0.3) is 0 Å². The molecule has 1 amide bonds. The van der Waals surface area contributed by atoms with Crippen LogP contribution in [0, 0.1) is 0 Å². The van der Waals surface area contributed by atoms with Crippen LogP contribution < -0.4 is 19.1 Å². The first-order valence-corrected chi connectivity index (χ1v) is 12.0. The number of rotatable bonds is 7. The van der Waals surface area contributed by atoms with E-state index in [1.54, 1.807) is 24.3 Å². The number of sulfonamides is 1. The van der Waals surface area contributed by atoms with Gasteiger partial charge in [0.1, 0.15) is 12.7 Å². The van der Waals surface area contributed by atoms with Gasteiger partial charge in [-0.15, -0.1) is 0 Å². The first kappa shape index (κ1) is 21.7. The van der Waals surface area contributed by atoms with Gasteiger partial charge in [-0.25, -0.2) is 8.42 Å². The summed E-state index contributed by atoms with van der Waals surface area (Å²) in [6.45, 7) is 0.655. The number of anilines is 1. The smallest absolute Gasteiger partial charge is 0.253 e. The van der Waals surface area contributed by atoms with Crippen molar-refractivity contribution in [2.45, 2.75) is 12.6 Å². The average molecular weight is 453 g/mol. The normalized spacial score (nSPS) is 15.1. The second kappa shape index (κ2) is 9.32. The first-order valence-electron chi connectivity index (χ1n) is 10.2. The van der Waals surface area contributed by atoms with Gasteiger partial charge in [-0.05, 0) is 29.8 Å². The first-order chi connectivity index (χ1) is 15.4. The summed E-state index contributed by atoms with van der Waals surface area (Å²) in [5.74, 6) is 0.916. The molecule has 0 radical (unpaired) electrons. The van der Waals surface area contributed by atoms with Crippen molar-refractivity contribution in [3.05, 3.63) is 90.0 Å². The molecule has 32 heavy (non-hydrogen) atoms. The summed E-state index contributed by atoms with van der Waals surface area (Å²) in [7, 11) is -3.63. The lowest BCUT2D eigenvalue weighted by atomic mass is 10.1. The fourth-order valence-corrected chi connectivity index (χ4v) is 4.38. The van der Waals surface area contributed by atoms with Crippen LogP contribution in [0.5, 0.6) is 11.5 Å². The molecule has 1 unspecified atom stereocenters. The molecule has 0 spiro atoms. The third kappa shape index (κ3) is 5.03. The summed E-state index contributed by atoms with van der Waals surface area (Å²) >= 11 is 0. The molecule has 0 aromatic heterocycles. The zero-order valence-corrected chi connectivity index (χ0v) is 18.4. The van der Waals surface area contributed by atoms with E-state index in [0.717, 1.165) is 11.8 Å². The van der Waals surface area contributed by atoms with Crippen LogP contribution in [0.4, 0.5) is 5.69 Å². The molecular formula is C24H24N2O5S. The van der Waals surface area contributed by atoms with Crippen molar-refractivity contribution in [2.24, 2.45) is 0 Å². The number of nitrogens with one attached hydrogen (secondary N) is 1. The minimum absolute atomic E-state index is 0.125. The maximum absolute atomic E-state index is 13.0. The van der Waals surface area contributed by atoms with Crippen molar-refractivity contribution in [1.29, 1.82) is 0 Å². The fraction of sp³-hybridized carbons (Fsp3) is 0.208. The Morgan fingerprint density at radius 1 is 0.969 bits per heavy atom. The van der Waals surface area contributed by atoms with Gasteiger partial charge in [-0.2, -0.15) is 0 Å². The van der Waals surface area contributed by atoms with Gasteiger partial charge in [0, 0.05) is 0 Å². The molecular weight excluding hydrogens is 428 g/mol. The van der Waals surface area contributed by atoms with Crippen molar-refractivity contribution in [2.75, 3.05) is 23.7 Å². The average Bonchev–Trinajstić information content (AvgIpc) is 2.81. The van der Waals surface area contributed by atoms with Gasteiger partial charge in [0.2, 0.25) is 10.0 Å². The SMILES string of the molecule is CS(=O)(=O)N(Cc1ccccc1)c1ccccc1C(=O)NCC1COc2ccccc2O1. The van der Waals surface area contributed by atoms with Crippen LogP contribution >= 0.6 is 0 Å². The highest BCUT2D eigenvalue weighted by molar-refractivity contribution is 7.92. The number of nitrogens with zero attached hydrogens (tertiary/aromatic N) is 1. The molecule has 7 nitrogen and oxygen atoms in total. The van der Waals surface area contributed by atoms with Gasteiger partial charge in [-0.3, -0.25) is 9.10 Å². The molecule has 3 aromatic carbocycles. The predicted octanol–water partition coefficient (Wildman–Crippen LogP) is 3.22. The van der Waals surface area contributed by atoms with Gasteiger partial charge in [0.15, 0.2) is 11.5 Å². The van der Waals surface area contributed by atoms with Crippen LogP contribution in [-0.4, -0.2) is 39.8 Å². The van der Waals surface area contributed by atoms with Gasteiger partial charge in [0.05, 0.1) is 30.6 Å². The van der Waals surface area contributed by atoms with Gasteiger partial charge >= 0.3 is 0 Å². The maximum atomic E-state index is 13.0. The van der Waals surface area contributed by atoms with Gasteiger partial charge < -0.3 is 14.8 Å². The molecule has 4 rings (SSSR count). The highest BCUT2D eigenvalue weighted by Crippen LogP contribution is 2.31. The Balaban J connectivity index is 1.51. The number of amides is 1. The van der Waals surface area contributed by atoms with Crippen LogP contribution in [0.3, 0.4) is 0 Å². The number of carbonyl (C=O) groups excluding carboxylic acids is 1. The van der Waals surface area contributed by atoms with E-state index in [4.69, 9.17) is 9.47 Å². The number of hydrogen-bond donors (Lipinski definition) is 1. The Bertz CT molecular complexity index is 1200. The molecule has 0 saturated heterocycles. The third-order valence-electron chi connectivity index (χ3n) is 5.04.